The van der Waals surface area contributed by atoms with Gasteiger partial charge in [-0.05, 0) is 25.0 Å². The number of likely N-dealkylation sites (tertiary alicyclic amines) is 1. The van der Waals surface area contributed by atoms with Gasteiger partial charge in [0.1, 0.15) is 5.82 Å². The number of rotatable bonds is 4. The number of hydrogen-bond acceptors (Lipinski definition) is 5. The number of morpholine rings is 1. The van der Waals surface area contributed by atoms with Gasteiger partial charge in [0.25, 0.3) is 0 Å². The molecule has 148 valence electrons. The minimum Gasteiger partial charge on any atom is -0.379 e. The van der Waals surface area contributed by atoms with Gasteiger partial charge in [0.15, 0.2) is 0 Å². The van der Waals surface area contributed by atoms with Gasteiger partial charge < -0.3 is 9.64 Å². The predicted octanol–water partition coefficient (Wildman–Crippen LogP) is 2.32. The van der Waals surface area contributed by atoms with E-state index in [-0.39, 0.29) is 17.6 Å². The van der Waals surface area contributed by atoms with Gasteiger partial charge in [-0.3, -0.25) is 14.7 Å². The Hall–Kier alpha value is -2.38. The van der Waals surface area contributed by atoms with Crippen molar-refractivity contribution in [1.29, 1.82) is 0 Å². The number of benzene rings is 1. The molecule has 0 unspecified atom stereocenters. The van der Waals surface area contributed by atoms with Crippen molar-refractivity contribution in [2.45, 2.75) is 18.8 Å². The van der Waals surface area contributed by atoms with Gasteiger partial charge >= 0.3 is 0 Å². The zero-order chi connectivity index (χ0) is 19.3. The lowest BCUT2D eigenvalue weighted by Gasteiger charge is -2.34. The normalized spacial score (nSPS) is 19.0. The highest BCUT2D eigenvalue weighted by atomic mass is 19.1. The predicted molar refractivity (Wildman–Crippen MR) is 103 cm³/mol. The zero-order valence-electron chi connectivity index (χ0n) is 15.9. The van der Waals surface area contributed by atoms with E-state index in [1.54, 1.807) is 18.5 Å². The molecule has 2 aromatic rings. The van der Waals surface area contributed by atoms with Crippen LogP contribution in [0.1, 0.15) is 24.5 Å². The smallest absolute Gasteiger partial charge is 0.236 e. The van der Waals surface area contributed by atoms with Crippen molar-refractivity contribution in [2.24, 2.45) is 0 Å². The molecule has 0 N–H and O–H groups in total. The van der Waals surface area contributed by atoms with Gasteiger partial charge in [-0.1, -0.05) is 12.1 Å². The molecule has 0 saturated carbocycles. The van der Waals surface area contributed by atoms with E-state index in [1.807, 2.05) is 11.0 Å². The van der Waals surface area contributed by atoms with Gasteiger partial charge in [0.2, 0.25) is 5.91 Å². The molecule has 2 aliphatic heterocycles. The van der Waals surface area contributed by atoms with E-state index in [4.69, 9.17) is 9.72 Å². The molecule has 7 heteroatoms. The fourth-order valence-corrected chi connectivity index (χ4v) is 3.84. The SMILES string of the molecule is O=C(CN1CCOCC1)N1CCC(c2cncc(-c3cccc(F)c3)n2)CC1. The topological polar surface area (TPSA) is 58.6 Å². The fraction of sp³-hybridized carbons (Fsp3) is 0.476. The van der Waals surface area contributed by atoms with Crippen LogP contribution in [-0.4, -0.2) is 71.6 Å². The van der Waals surface area contributed by atoms with Gasteiger partial charge in [-0.25, -0.2) is 9.37 Å². The summed E-state index contributed by atoms with van der Waals surface area (Å²) in [4.78, 5) is 25.7. The molecule has 6 nitrogen and oxygen atoms in total. The molecule has 0 atom stereocenters. The standard InChI is InChI=1S/C21H25FN4O2/c22-18-3-1-2-17(12-18)20-14-23-13-19(24-20)16-4-6-26(7-5-16)21(27)15-25-8-10-28-11-9-25/h1-3,12-14,16H,4-11,15H2. The first-order valence-electron chi connectivity index (χ1n) is 9.85. The summed E-state index contributed by atoms with van der Waals surface area (Å²) in [5, 5.41) is 0. The summed E-state index contributed by atoms with van der Waals surface area (Å²) >= 11 is 0. The van der Waals surface area contributed by atoms with E-state index in [0.717, 1.165) is 50.3 Å². The molecule has 0 spiro atoms. The molecular weight excluding hydrogens is 359 g/mol. The number of nitrogens with zero attached hydrogens (tertiary/aromatic N) is 4. The zero-order valence-corrected chi connectivity index (χ0v) is 15.9. The van der Waals surface area contributed by atoms with Crippen molar-refractivity contribution in [3.05, 3.63) is 48.2 Å². The molecule has 0 bridgehead atoms. The van der Waals surface area contributed by atoms with Crippen LogP contribution in [0.4, 0.5) is 4.39 Å². The second-order valence-corrected chi connectivity index (χ2v) is 7.38. The quantitative estimate of drug-likeness (QED) is 0.810. The van der Waals surface area contributed by atoms with E-state index in [2.05, 4.69) is 9.88 Å². The second-order valence-electron chi connectivity index (χ2n) is 7.38. The first-order chi connectivity index (χ1) is 13.7. The van der Waals surface area contributed by atoms with Crippen molar-refractivity contribution >= 4 is 5.91 Å². The van der Waals surface area contributed by atoms with Crippen LogP contribution in [0.3, 0.4) is 0 Å². The van der Waals surface area contributed by atoms with E-state index in [1.165, 1.54) is 12.1 Å². The average molecular weight is 384 g/mol. The minimum atomic E-state index is -0.281. The molecule has 1 aromatic carbocycles. The van der Waals surface area contributed by atoms with Gasteiger partial charge in [0, 0.05) is 43.9 Å². The molecule has 3 heterocycles. The Kier molecular flexibility index (Phi) is 5.92. The van der Waals surface area contributed by atoms with Crippen LogP contribution < -0.4 is 0 Å². The number of piperidine rings is 1. The lowest BCUT2D eigenvalue weighted by molar-refractivity contribution is -0.134. The number of carbonyl (C=O) groups is 1. The minimum absolute atomic E-state index is 0.194. The maximum Gasteiger partial charge on any atom is 0.236 e. The Morgan fingerprint density at radius 3 is 2.68 bits per heavy atom. The summed E-state index contributed by atoms with van der Waals surface area (Å²) in [5.41, 5.74) is 2.33. The van der Waals surface area contributed by atoms with Crippen molar-refractivity contribution in [2.75, 3.05) is 45.9 Å². The van der Waals surface area contributed by atoms with E-state index < -0.39 is 0 Å². The summed E-state index contributed by atoms with van der Waals surface area (Å²) in [6, 6.07) is 6.41. The van der Waals surface area contributed by atoms with Crippen molar-refractivity contribution in [3.8, 4) is 11.3 Å². The molecule has 28 heavy (non-hydrogen) atoms. The molecule has 1 amide bonds. The van der Waals surface area contributed by atoms with Crippen LogP contribution >= 0.6 is 0 Å². The van der Waals surface area contributed by atoms with Crippen LogP contribution in [0.5, 0.6) is 0 Å². The highest BCUT2D eigenvalue weighted by Crippen LogP contribution is 2.28. The second kappa shape index (κ2) is 8.75. The summed E-state index contributed by atoms with van der Waals surface area (Å²) in [6.45, 7) is 5.00. The first-order valence-corrected chi connectivity index (χ1v) is 9.85. The Bertz CT molecular complexity index is 818. The summed E-state index contributed by atoms with van der Waals surface area (Å²) in [5.74, 6) is 0.185. The Morgan fingerprint density at radius 1 is 1.14 bits per heavy atom. The Balaban J connectivity index is 1.36. The number of carbonyl (C=O) groups excluding carboxylic acids is 1. The van der Waals surface area contributed by atoms with E-state index in [9.17, 15) is 9.18 Å². The lowest BCUT2D eigenvalue weighted by Crippen LogP contribution is -2.46. The summed E-state index contributed by atoms with van der Waals surface area (Å²) < 4.78 is 18.8. The molecule has 2 saturated heterocycles. The van der Waals surface area contributed by atoms with Gasteiger partial charge in [-0.15, -0.1) is 0 Å². The van der Waals surface area contributed by atoms with Gasteiger partial charge in [-0.2, -0.15) is 0 Å². The molecule has 0 radical (unpaired) electrons. The molecule has 1 aromatic heterocycles. The average Bonchev–Trinajstić information content (AvgIpc) is 2.75. The first kappa shape index (κ1) is 19.0. The molecular formula is C21H25FN4O2. The van der Waals surface area contributed by atoms with Crippen molar-refractivity contribution < 1.29 is 13.9 Å². The molecule has 2 fully saturated rings. The Morgan fingerprint density at radius 2 is 1.93 bits per heavy atom. The number of ether oxygens (including phenoxy) is 1. The third kappa shape index (κ3) is 4.54. The third-order valence-electron chi connectivity index (χ3n) is 5.50. The monoisotopic (exact) mass is 384 g/mol. The number of hydrogen-bond donors (Lipinski definition) is 0. The third-order valence-corrected chi connectivity index (χ3v) is 5.50. The van der Waals surface area contributed by atoms with E-state index >= 15 is 0 Å². The fourth-order valence-electron chi connectivity index (χ4n) is 3.84. The number of aromatic nitrogens is 2. The molecule has 4 rings (SSSR count). The summed E-state index contributed by atoms with van der Waals surface area (Å²) in [7, 11) is 0. The maximum absolute atomic E-state index is 13.5. The number of halogens is 1. The summed E-state index contributed by atoms with van der Waals surface area (Å²) in [6.07, 6.45) is 5.20. The maximum atomic E-state index is 13.5. The number of amides is 1. The highest BCUT2D eigenvalue weighted by molar-refractivity contribution is 5.78. The van der Waals surface area contributed by atoms with Crippen molar-refractivity contribution in [3.63, 3.8) is 0 Å². The van der Waals surface area contributed by atoms with Crippen molar-refractivity contribution in [1.82, 2.24) is 19.8 Å². The van der Waals surface area contributed by atoms with Gasteiger partial charge in [0.05, 0.1) is 37.3 Å². The largest absolute Gasteiger partial charge is 0.379 e. The van der Waals surface area contributed by atoms with Crippen LogP contribution in [0.2, 0.25) is 0 Å². The highest BCUT2D eigenvalue weighted by Gasteiger charge is 2.26. The van der Waals surface area contributed by atoms with E-state index in [0.29, 0.717) is 25.5 Å². The molecule has 2 aliphatic rings. The molecule has 0 aliphatic carbocycles. The van der Waals surface area contributed by atoms with Crippen LogP contribution in [0.25, 0.3) is 11.3 Å². The van der Waals surface area contributed by atoms with Crippen LogP contribution in [0, 0.1) is 5.82 Å². The lowest BCUT2D eigenvalue weighted by atomic mass is 9.93. The van der Waals surface area contributed by atoms with Crippen LogP contribution in [-0.2, 0) is 9.53 Å². The Labute approximate surface area is 164 Å². The van der Waals surface area contributed by atoms with Crippen LogP contribution in [0.15, 0.2) is 36.7 Å².